The van der Waals surface area contributed by atoms with Gasteiger partial charge < -0.3 is 15.5 Å². The van der Waals surface area contributed by atoms with Gasteiger partial charge in [0.15, 0.2) is 5.82 Å². The number of ether oxygens (including phenoxy) is 1. The first kappa shape index (κ1) is 14.7. The average Bonchev–Trinajstić information content (AvgIpc) is 2.56. The molecule has 0 aliphatic carbocycles. The van der Waals surface area contributed by atoms with E-state index in [0.717, 1.165) is 5.56 Å². The van der Waals surface area contributed by atoms with Crippen molar-refractivity contribution < 1.29 is 4.74 Å². The molecule has 0 spiro atoms. The highest BCUT2D eigenvalue weighted by atomic mass is 16.5. The van der Waals surface area contributed by atoms with E-state index in [9.17, 15) is 4.79 Å². The first-order valence-electron chi connectivity index (χ1n) is 6.88. The summed E-state index contributed by atoms with van der Waals surface area (Å²) in [7, 11) is 3.23. The Hall–Kier alpha value is -3.22. The van der Waals surface area contributed by atoms with E-state index in [-0.39, 0.29) is 5.56 Å². The van der Waals surface area contributed by atoms with Crippen LogP contribution in [-0.2, 0) is 0 Å². The van der Waals surface area contributed by atoms with Gasteiger partial charge in [-0.25, -0.2) is 9.97 Å². The number of aromatic nitrogens is 3. The number of nitrogens with two attached hydrogens (primary N) is 1. The molecule has 0 saturated heterocycles. The molecule has 0 aliphatic rings. The molecule has 0 radical (unpaired) electrons. The second kappa shape index (κ2) is 5.88. The highest BCUT2D eigenvalue weighted by molar-refractivity contribution is 5.91. The van der Waals surface area contributed by atoms with Crippen LogP contribution in [0.3, 0.4) is 0 Å². The van der Waals surface area contributed by atoms with E-state index in [0.29, 0.717) is 33.9 Å². The van der Waals surface area contributed by atoms with Crippen molar-refractivity contribution >= 4 is 22.9 Å². The lowest BCUT2D eigenvalue weighted by atomic mass is 10.1. The maximum absolute atomic E-state index is 11.3. The normalized spacial score (nSPS) is 11.2. The number of hydrogen-bond acceptors (Lipinski definition) is 6. The third-order valence-electron chi connectivity index (χ3n) is 3.38. The molecule has 0 aliphatic heterocycles. The van der Waals surface area contributed by atoms with E-state index in [1.807, 2.05) is 6.07 Å². The Labute approximate surface area is 131 Å². The predicted octanol–water partition coefficient (Wildman–Crippen LogP) is 1.62. The van der Waals surface area contributed by atoms with Gasteiger partial charge >= 0.3 is 0 Å². The van der Waals surface area contributed by atoms with Crippen LogP contribution in [0.25, 0.3) is 22.4 Å². The minimum atomic E-state index is -0.194. The third-order valence-corrected chi connectivity index (χ3v) is 3.38. The third kappa shape index (κ3) is 2.76. The molecule has 0 bridgehead atoms. The van der Waals surface area contributed by atoms with Crippen LogP contribution in [0.4, 0.5) is 5.69 Å². The number of pyridine rings is 1. The van der Waals surface area contributed by atoms with Crippen molar-refractivity contribution in [3.63, 3.8) is 0 Å². The molecule has 0 atom stereocenters. The van der Waals surface area contributed by atoms with Crippen LogP contribution in [0.2, 0.25) is 0 Å². The molecule has 1 aromatic carbocycles. The molecular formula is C16H15N5O2. The van der Waals surface area contributed by atoms with Crippen LogP contribution < -0.4 is 16.0 Å². The number of aromatic amines is 1. The monoisotopic (exact) mass is 309 g/mol. The standard InChI is InChI=1S/C16H15N5O2/c1-18-7-9-5-10(14(23-2)6-11(9)17)16-19-8-13-12(21-16)3-4-15(22)20-13/h3-8H,17H2,1-2H3,(H,20,22). The first-order valence-corrected chi connectivity index (χ1v) is 6.88. The van der Waals surface area contributed by atoms with Crippen molar-refractivity contribution in [1.82, 2.24) is 15.0 Å². The molecule has 2 heterocycles. The van der Waals surface area contributed by atoms with Crippen LogP contribution >= 0.6 is 0 Å². The molecule has 0 fully saturated rings. The SMILES string of the molecule is CN=Cc1cc(-c2ncc3[nH]c(=O)ccc3n2)c(OC)cc1N. The van der Waals surface area contributed by atoms with E-state index in [1.165, 1.54) is 6.07 Å². The molecule has 0 saturated carbocycles. The Kier molecular flexibility index (Phi) is 3.76. The molecule has 7 heteroatoms. The lowest BCUT2D eigenvalue weighted by molar-refractivity contribution is 0.416. The number of fused-ring (bicyclic) bond motifs is 1. The van der Waals surface area contributed by atoms with E-state index in [1.54, 1.807) is 38.7 Å². The van der Waals surface area contributed by atoms with Gasteiger partial charge in [0.25, 0.3) is 0 Å². The molecule has 0 amide bonds. The summed E-state index contributed by atoms with van der Waals surface area (Å²) in [5.41, 5.74) is 9.02. The second-order valence-corrected chi connectivity index (χ2v) is 4.88. The van der Waals surface area contributed by atoms with Crippen molar-refractivity contribution in [3.8, 4) is 17.1 Å². The van der Waals surface area contributed by atoms with E-state index in [4.69, 9.17) is 10.5 Å². The lowest BCUT2D eigenvalue weighted by Gasteiger charge is -2.11. The maximum Gasteiger partial charge on any atom is 0.248 e. The van der Waals surface area contributed by atoms with Crippen molar-refractivity contribution in [2.75, 3.05) is 19.9 Å². The molecule has 3 N–H and O–H groups in total. The number of nitrogen functional groups attached to an aromatic ring is 1. The largest absolute Gasteiger partial charge is 0.496 e. The first-order chi connectivity index (χ1) is 11.1. The van der Waals surface area contributed by atoms with E-state index >= 15 is 0 Å². The fourth-order valence-electron chi connectivity index (χ4n) is 2.28. The quantitative estimate of drug-likeness (QED) is 0.565. The molecular weight excluding hydrogens is 294 g/mol. The zero-order chi connectivity index (χ0) is 16.4. The summed E-state index contributed by atoms with van der Waals surface area (Å²) in [6.45, 7) is 0. The number of anilines is 1. The molecule has 116 valence electrons. The summed E-state index contributed by atoms with van der Waals surface area (Å²) in [5.74, 6) is 1.05. The summed E-state index contributed by atoms with van der Waals surface area (Å²) in [6.07, 6.45) is 3.24. The number of benzene rings is 1. The Bertz CT molecular complexity index is 962. The van der Waals surface area contributed by atoms with Gasteiger partial charge in [0.2, 0.25) is 5.56 Å². The summed E-state index contributed by atoms with van der Waals surface area (Å²) in [5, 5.41) is 0. The lowest BCUT2D eigenvalue weighted by Crippen LogP contribution is -2.04. The van der Waals surface area contributed by atoms with Gasteiger partial charge in [-0.3, -0.25) is 9.79 Å². The fourth-order valence-corrected chi connectivity index (χ4v) is 2.28. The van der Waals surface area contributed by atoms with Crippen LogP contribution in [0, 0.1) is 0 Å². The highest BCUT2D eigenvalue weighted by Crippen LogP contribution is 2.32. The van der Waals surface area contributed by atoms with Crippen molar-refractivity contribution in [3.05, 3.63) is 46.4 Å². The maximum atomic E-state index is 11.3. The molecule has 23 heavy (non-hydrogen) atoms. The summed E-state index contributed by atoms with van der Waals surface area (Å²) in [4.78, 5) is 26.8. The van der Waals surface area contributed by atoms with Crippen molar-refractivity contribution in [1.29, 1.82) is 0 Å². The van der Waals surface area contributed by atoms with E-state index < -0.39 is 0 Å². The van der Waals surface area contributed by atoms with Crippen LogP contribution in [0.15, 0.2) is 40.2 Å². The van der Waals surface area contributed by atoms with Crippen molar-refractivity contribution in [2.24, 2.45) is 4.99 Å². The Balaban J connectivity index is 2.22. The summed E-state index contributed by atoms with van der Waals surface area (Å²) in [6, 6.07) is 6.62. The van der Waals surface area contributed by atoms with Gasteiger partial charge in [0, 0.05) is 36.6 Å². The minimum Gasteiger partial charge on any atom is -0.496 e. The second-order valence-electron chi connectivity index (χ2n) is 4.88. The van der Waals surface area contributed by atoms with Gasteiger partial charge in [-0.05, 0) is 12.1 Å². The number of rotatable bonds is 3. The zero-order valence-corrected chi connectivity index (χ0v) is 12.7. The fraction of sp³-hybridized carbons (Fsp3) is 0.125. The molecule has 7 nitrogen and oxygen atoms in total. The van der Waals surface area contributed by atoms with Crippen LogP contribution in [0.5, 0.6) is 5.75 Å². The van der Waals surface area contributed by atoms with Gasteiger partial charge in [-0.2, -0.15) is 0 Å². The average molecular weight is 309 g/mol. The van der Waals surface area contributed by atoms with Gasteiger partial charge in [-0.1, -0.05) is 0 Å². The van der Waals surface area contributed by atoms with Gasteiger partial charge in [0.1, 0.15) is 5.75 Å². The predicted molar refractivity (Wildman–Crippen MR) is 90.1 cm³/mol. The smallest absolute Gasteiger partial charge is 0.248 e. The van der Waals surface area contributed by atoms with Gasteiger partial charge in [0.05, 0.1) is 29.9 Å². The van der Waals surface area contributed by atoms with Crippen LogP contribution in [0.1, 0.15) is 5.56 Å². The number of aliphatic imine (C=N–C) groups is 1. The molecule has 0 unspecified atom stereocenters. The zero-order valence-electron chi connectivity index (χ0n) is 12.7. The number of hydrogen-bond donors (Lipinski definition) is 2. The summed E-state index contributed by atoms with van der Waals surface area (Å²) < 4.78 is 5.38. The minimum absolute atomic E-state index is 0.194. The topological polar surface area (TPSA) is 106 Å². The Morgan fingerprint density at radius 3 is 2.91 bits per heavy atom. The Morgan fingerprint density at radius 1 is 1.35 bits per heavy atom. The van der Waals surface area contributed by atoms with Crippen LogP contribution in [-0.4, -0.2) is 35.3 Å². The number of nitrogens with zero attached hydrogens (tertiary/aromatic N) is 3. The molecule has 2 aromatic heterocycles. The number of methoxy groups -OCH3 is 1. The number of H-pyrrole nitrogens is 1. The number of nitrogens with one attached hydrogen (secondary N) is 1. The highest BCUT2D eigenvalue weighted by Gasteiger charge is 2.13. The summed E-state index contributed by atoms with van der Waals surface area (Å²) >= 11 is 0. The Morgan fingerprint density at radius 2 is 2.17 bits per heavy atom. The van der Waals surface area contributed by atoms with E-state index in [2.05, 4.69) is 19.9 Å². The van der Waals surface area contributed by atoms with Crippen molar-refractivity contribution in [2.45, 2.75) is 0 Å². The molecule has 3 rings (SSSR count). The van der Waals surface area contributed by atoms with Gasteiger partial charge in [-0.15, -0.1) is 0 Å². The molecule has 3 aromatic rings.